The van der Waals surface area contributed by atoms with E-state index in [1.165, 1.54) is 12.8 Å². The molecule has 1 unspecified atom stereocenters. The summed E-state index contributed by atoms with van der Waals surface area (Å²) in [6, 6.07) is 0. The third kappa shape index (κ3) is 5.28. The van der Waals surface area contributed by atoms with Crippen LogP contribution in [0.2, 0.25) is 0 Å². The van der Waals surface area contributed by atoms with E-state index in [2.05, 4.69) is 20.8 Å². The van der Waals surface area contributed by atoms with E-state index >= 15 is 0 Å². The molecular weight excluding hydrogens is 264 g/mol. The van der Waals surface area contributed by atoms with Gasteiger partial charge in [-0.1, -0.05) is 40.0 Å². The van der Waals surface area contributed by atoms with E-state index in [4.69, 9.17) is 9.47 Å². The number of carbonyl (C=O) groups excluding carboxylic acids is 1. The highest BCUT2D eigenvalue weighted by Crippen LogP contribution is 2.45. The first-order valence-corrected chi connectivity index (χ1v) is 8.73. The zero-order valence-corrected chi connectivity index (χ0v) is 14.5. The number of hydrogen-bond donors (Lipinski definition) is 0. The van der Waals surface area contributed by atoms with E-state index in [1.807, 2.05) is 0 Å². The number of unbranched alkanes of at least 4 members (excludes halogenated alkanes) is 1. The Bertz CT molecular complexity index is 295. The fourth-order valence-electron chi connectivity index (χ4n) is 3.46. The van der Waals surface area contributed by atoms with E-state index in [0.29, 0.717) is 25.0 Å². The first kappa shape index (κ1) is 18.5. The van der Waals surface area contributed by atoms with Crippen molar-refractivity contribution >= 4 is 5.97 Å². The van der Waals surface area contributed by atoms with Crippen LogP contribution in [0.3, 0.4) is 0 Å². The number of ether oxygens (including phenoxy) is 2. The van der Waals surface area contributed by atoms with Crippen molar-refractivity contribution in [3.05, 3.63) is 0 Å². The molecule has 0 aromatic carbocycles. The molecule has 0 N–H and O–H groups in total. The second kappa shape index (κ2) is 9.45. The molecule has 0 aromatic rings. The van der Waals surface area contributed by atoms with Crippen LogP contribution in [0.25, 0.3) is 0 Å². The minimum Gasteiger partial charge on any atom is -0.465 e. The lowest BCUT2D eigenvalue weighted by Gasteiger charge is -2.37. The largest absolute Gasteiger partial charge is 0.465 e. The first-order valence-electron chi connectivity index (χ1n) is 8.73. The van der Waals surface area contributed by atoms with Crippen LogP contribution in [0, 0.1) is 17.3 Å². The number of carbonyl (C=O) groups is 1. The molecule has 1 fully saturated rings. The second-order valence-electron chi connectivity index (χ2n) is 6.99. The van der Waals surface area contributed by atoms with Gasteiger partial charge in [0.05, 0.1) is 18.6 Å². The smallest absolute Gasteiger partial charge is 0.314 e. The molecule has 1 aliphatic rings. The highest BCUT2D eigenvalue weighted by atomic mass is 16.5. The van der Waals surface area contributed by atoms with E-state index in [9.17, 15) is 4.79 Å². The summed E-state index contributed by atoms with van der Waals surface area (Å²) < 4.78 is 11.1. The van der Waals surface area contributed by atoms with Crippen LogP contribution in [-0.4, -0.2) is 26.3 Å². The molecule has 1 atom stereocenters. The summed E-state index contributed by atoms with van der Waals surface area (Å²) in [5.41, 5.74) is -0.413. The minimum absolute atomic E-state index is 0.00894. The Hall–Kier alpha value is -0.570. The lowest BCUT2D eigenvalue weighted by Crippen LogP contribution is -2.43. The quantitative estimate of drug-likeness (QED) is 0.437. The molecule has 124 valence electrons. The van der Waals surface area contributed by atoms with Gasteiger partial charge in [-0.05, 0) is 43.9 Å². The zero-order chi connectivity index (χ0) is 15.7. The Balaban J connectivity index is 2.83. The summed E-state index contributed by atoms with van der Waals surface area (Å²) in [7, 11) is 1.71. The van der Waals surface area contributed by atoms with Gasteiger partial charge in [-0.3, -0.25) is 4.79 Å². The average Bonchev–Trinajstić information content (AvgIpc) is 2.98. The molecule has 3 heteroatoms. The predicted molar refractivity (Wildman–Crippen MR) is 86.2 cm³/mol. The molecule has 21 heavy (non-hydrogen) atoms. The third-order valence-corrected chi connectivity index (χ3v) is 4.84. The van der Waals surface area contributed by atoms with Crippen molar-refractivity contribution in [2.45, 2.75) is 72.1 Å². The summed E-state index contributed by atoms with van der Waals surface area (Å²) in [4.78, 5) is 12.8. The van der Waals surface area contributed by atoms with Gasteiger partial charge >= 0.3 is 5.97 Å². The van der Waals surface area contributed by atoms with Crippen molar-refractivity contribution in [2.75, 3.05) is 20.3 Å². The standard InChI is InChI=1S/C18H34O3/c1-5-6-13-21-17(19)18(14-20-4,12-11-15(2)3)16-9-7-8-10-16/h15-16H,5-14H2,1-4H3. The summed E-state index contributed by atoms with van der Waals surface area (Å²) in [5.74, 6) is 1.03. The Labute approximate surface area is 130 Å². The second-order valence-corrected chi connectivity index (χ2v) is 6.99. The molecule has 1 aliphatic carbocycles. The van der Waals surface area contributed by atoms with Crippen molar-refractivity contribution < 1.29 is 14.3 Å². The molecule has 1 saturated carbocycles. The Morgan fingerprint density at radius 2 is 1.95 bits per heavy atom. The van der Waals surface area contributed by atoms with Crippen molar-refractivity contribution in [2.24, 2.45) is 17.3 Å². The van der Waals surface area contributed by atoms with E-state index < -0.39 is 5.41 Å². The van der Waals surface area contributed by atoms with Crippen LogP contribution in [0.1, 0.15) is 72.1 Å². The Kier molecular flexibility index (Phi) is 8.31. The van der Waals surface area contributed by atoms with E-state index in [-0.39, 0.29) is 5.97 Å². The summed E-state index contributed by atoms with van der Waals surface area (Å²) in [6.07, 6.45) is 8.72. The van der Waals surface area contributed by atoms with Crippen LogP contribution in [0.5, 0.6) is 0 Å². The maximum atomic E-state index is 12.8. The topological polar surface area (TPSA) is 35.5 Å². The maximum Gasteiger partial charge on any atom is 0.314 e. The molecular formula is C18H34O3. The van der Waals surface area contributed by atoms with Gasteiger partial charge < -0.3 is 9.47 Å². The molecule has 0 saturated heterocycles. The summed E-state index contributed by atoms with van der Waals surface area (Å²) >= 11 is 0. The van der Waals surface area contributed by atoms with Crippen LogP contribution >= 0.6 is 0 Å². The third-order valence-electron chi connectivity index (χ3n) is 4.84. The van der Waals surface area contributed by atoms with Crippen LogP contribution in [0.4, 0.5) is 0 Å². The SMILES string of the molecule is CCCCOC(=O)C(CCC(C)C)(COC)C1CCCC1. The molecule has 0 amide bonds. The molecule has 0 aliphatic heterocycles. The van der Waals surface area contributed by atoms with Crippen LogP contribution in [0.15, 0.2) is 0 Å². The molecule has 0 heterocycles. The van der Waals surface area contributed by atoms with Gasteiger partial charge in [0.1, 0.15) is 0 Å². The maximum absolute atomic E-state index is 12.8. The Morgan fingerprint density at radius 1 is 1.29 bits per heavy atom. The molecule has 0 bridgehead atoms. The van der Waals surface area contributed by atoms with Gasteiger partial charge in [-0.15, -0.1) is 0 Å². The highest BCUT2D eigenvalue weighted by Gasteiger charge is 2.47. The summed E-state index contributed by atoms with van der Waals surface area (Å²) in [6.45, 7) is 7.61. The minimum atomic E-state index is -0.413. The van der Waals surface area contributed by atoms with Gasteiger partial charge in [0, 0.05) is 7.11 Å². The lowest BCUT2D eigenvalue weighted by atomic mass is 9.70. The average molecular weight is 298 g/mol. The Morgan fingerprint density at radius 3 is 2.48 bits per heavy atom. The number of esters is 1. The van der Waals surface area contributed by atoms with Gasteiger partial charge in [0.15, 0.2) is 0 Å². The molecule has 3 nitrogen and oxygen atoms in total. The fraction of sp³-hybridized carbons (Fsp3) is 0.944. The molecule has 0 aromatic heterocycles. The monoisotopic (exact) mass is 298 g/mol. The number of methoxy groups -OCH3 is 1. The molecule has 0 spiro atoms. The van der Waals surface area contributed by atoms with Gasteiger partial charge in [0.2, 0.25) is 0 Å². The van der Waals surface area contributed by atoms with Crippen LogP contribution in [-0.2, 0) is 14.3 Å². The molecule has 0 radical (unpaired) electrons. The zero-order valence-electron chi connectivity index (χ0n) is 14.5. The highest BCUT2D eigenvalue weighted by molar-refractivity contribution is 5.77. The van der Waals surface area contributed by atoms with E-state index in [1.54, 1.807) is 7.11 Å². The van der Waals surface area contributed by atoms with Gasteiger partial charge in [-0.25, -0.2) is 0 Å². The van der Waals surface area contributed by atoms with Crippen molar-refractivity contribution in [3.63, 3.8) is 0 Å². The number of rotatable bonds is 10. The molecule has 1 rings (SSSR count). The van der Waals surface area contributed by atoms with Gasteiger partial charge in [0.25, 0.3) is 0 Å². The lowest BCUT2D eigenvalue weighted by molar-refractivity contribution is -0.165. The van der Waals surface area contributed by atoms with Crippen molar-refractivity contribution in [3.8, 4) is 0 Å². The number of hydrogen-bond acceptors (Lipinski definition) is 3. The fourth-order valence-corrected chi connectivity index (χ4v) is 3.46. The van der Waals surface area contributed by atoms with Crippen molar-refractivity contribution in [1.29, 1.82) is 0 Å². The predicted octanol–water partition coefficient (Wildman–Crippen LogP) is 4.59. The van der Waals surface area contributed by atoms with E-state index in [0.717, 1.165) is 38.5 Å². The first-order chi connectivity index (χ1) is 10.1. The van der Waals surface area contributed by atoms with Crippen LogP contribution < -0.4 is 0 Å². The van der Waals surface area contributed by atoms with Gasteiger partial charge in [-0.2, -0.15) is 0 Å². The summed E-state index contributed by atoms with van der Waals surface area (Å²) in [5, 5.41) is 0. The normalized spacial score (nSPS) is 18.9. The van der Waals surface area contributed by atoms with Crippen molar-refractivity contribution in [1.82, 2.24) is 0 Å².